The fourth-order valence-electron chi connectivity index (χ4n) is 1.44. The zero-order valence-corrected chi connectivity index (χ0v) is 10.6. The molecule has 0 bridgehead atoms. The van der Waals surface area contributed by atoms with Crippen LogP contribution in [0.2, 0.25) is 0 Å². The highest BCUT2D eigenvalue weighted by molar-refractivity contribution is 5.85. The first kappa shape index (κ1) is 15.9. The number of halogens is 2. The molecule has 0 aliphatic heterocycles. The van der Waals surface area contributed by atoms with E-state index < -0.39 is 12.0 Å². The van der Waals surface area contributed by atoms with Gasteiger partial charge in [0.2, 0.25) is 0 Å². The summed E-state index contributed by atoms with van der Waals surface area (Å²) in [5.41, 5.74) is 0.869. The lowest BCUT2D eigenvalue weighted by Crippen LogP contribution is -2.40. The van der Waals surface area contributed by atoms with Crippen LogP contribution in [0.3, 0.4) is 0 Å². The smallest absolute Gasteiger partial charge is 0.320 e. The first-order valence-corrected chi connectivity index (χ1v) is 5.21. The van der Waals surface area contributed by atoms with Crippen LogP contribution >= 0.6 is 12.4 Å². The number of hydrogen-bond donors (Lipinski definition) is 2. The second kappa shape index (κ2) is 7.25. The van der Waals surface area contributed by atoms with Gasteiger partial charge in [-0.3, -0.25) is 4.79 Å². The number of rotatable bonds is 5. The number of nitrogens with one attached hydrogen (secondary N) is 1. The maximum atomic E-state index is 12.6. The molecule has 0 aliphatic rings. The topological polar surface area (TPSA) is 49.3 Å². The molecule has 5 heteroatoms. The van der Waals surface area contributed by atoms with Gasteiger partial charge in [0, 0.05) is 6.54 Å². The van der Waals surface area contributed by atoms with E-state index >= 15 is 0 Å². The predicted octanol–water partition coefficient (Wildman–Crippen LogP) is 2.45. The molecular formula is C12H17ClFNO2. The van der Waals surface area contributed by atoms with Gasteiger partial charge in [0.1, 0.15) is 11.9 Å². The molecule has 0 saturated carbocycles. The summed E-state index contributed by atoms with van der Waals surface area (Å²) in [6, 6.07) is 5.43. The summed E-state index contributed by atoms with van der Waals surface area (Å²) in [6.07, 6.45) is 0. The minimum Gasteiger partial charge on any atom is -0.480 e. The number of carbonyl (C=O) groups is 1. The second-order valence-electron chi connectivity index (χ2n) is 4.07. The van der Waals surface area contributed by atoms with E-state index in [1.165, 1.54) is 12.1 Å². The number of hydrogen-bond acceptors (Lipinski definition) is 2. The lowest BCUT2D eigenvalue weighted by Gasteiger charge is -2.17. The van der Waals surface area contributed by atoms with E-state index in [9.17, 15) is 9.18 Å². The van der Waals surface area contributed by atoms with E-state index in [0.29, 0.717) is 6.54 Å². The highest BCUT2D eigenvalue weighted by Crippen LogP contribution is 2.06. The first-order chi connectivity index (χ1) is 7.50. The van der Waals surface area contributed by atoms with Gasteiger partial charge in [0.05, 0.1) is 0 Å². The van der Waals surface area contributed by atoms with Gasteiger partial charge in [-0.15, -0.1) is 12.4 Å². The zero-order chi connectivity index (χ0) is 12.1. The van der Waals surface area contributed by atoms with Gasteiger partial charge in [-0.05, 0) is 23.6 Å². The van der Waals surface area contributed by atoms with Crippen LogP contribution in [-0.2, 0) is 11.3 Å². The van der Waals surface area contributed by atoms with Crippen LogP contribution in [-0.4, -0.2) is 17.1 Å². The van der Waals surface area contributed by atoms with Crippen LogP contribution in [0.5, 0.6) is 0 Å². The van der Waals surface area contributed by atoms with Gasteiger partial charge >= 0.3 is 5.97 Å². The molecule has 0 amide bonds. The van der Waals surface area contributed by atoms with E-state index in [1.807, 2.05) is 13.8 Å². The average molecular weight is 262 g/mol. The summed E-state index contributed by atoms with van der Waals surface area (Å²) in [5, 5.41) is 11.9. The van der Waals surface area contributed by atoms with E-state index in [2.05, 4.69) is 5.32 Å². The predicted molar refractivity (Wildman–Crippen MR) is 66.7 cm³/mol. The molecule has 3 nitrogen and oxygen atoms in total. The normalized spacial score (nSPS) is 12.0. The first-order valence-electron chi connectivity index (χ1n) is 5.21. The van der Waals surface area contributed by atoms with Crippen molar-refractivity contribution < 1.29 is 14.3 Å². The molecule has 0 aromatic heterocycles. The lowest BCUT2D eigenvalue weighted by atomic mass is 10.0. The van der Waals surface area contributed by atoms with Gasteiger partial charge in [0.15, 0.2) is 0 Å². The van der Waals surface area contributed by atoms with Gasteiger partial charge in [-0.25, -0.2) is 4.39 Å². The molecule has 1 rings (SSSR count). The fourth-order valence-corrected chi connectivity index (χ4v) is 1.44. The van der Waals surface area contributed by atoms with Gasteiger partial charge in [0.25, 0.3) is 0 Å². The van der Waals surface area contributed by atoms with E-state index in [1.54, 1.807) is 12.1 Å². The fraction of sp³-hybridized carbons (Fsp3) is 0.417. The molecular weight excluding hydrogens is 245 g/mol. The van der Waals surface area contributed by atoms with Crippen LogP contribution in [0.4, 0.5) is 4.39 Å². The Kier molecular flexibility index (Phi) is 6.76. The average Bonchev–Trinajstić information content (AvgIpc) is 2.20. The molecule has 0 spiro atoms. The third-order valence-corrected chi connectivity index (χ3v) is 2.37. The molecule has 1 aromatic rings. The van der Waals surface area contributed by atoms with Gasteiger partial charge in [-0.1, -0.05) is 26.0 Å². The molecule has 0 heterocycles. The third-order valence-electron chi connectivity index (χ3n) is 2.37. The number of aliphatic carboxylic acids is 1. The minimum atomic E-state index is -0.864. The summed E-state index contributed by atoms with van der Waals surface area (Å²) >= 11 is 0. The zero-order valence-electron chi connectivity index (χ0n) is 9.81. The van der Waals surface area contributed by atoms with Crippen molar-refractivity contribution in [3.63, 3.8) is 0 Å². The summed E-state index contributed by atoms with van der Waals surface area (Å²) in [4.78, 5) is 10.9. The Bertz CT molecular complexity index is 354. The molecule has 1 aromatic carbocycles. The number of benzene rings is 1. The Morgan fingerprint density at radius 2 is 1.88 bits per heavy atom. The van der Waals surface area contributed by atoms with Crippen molar-refractivity contribution in [3.05, 3.63) is 35.6 Å². The monoisotopic (exact) mass is 261 g/mol. The van der Waals surface area contributed by atoms with Crippen LogP contribution in [0.1, 0.15) is 19.4 Å². The highest BCUT2D eigenvalue weighted by Gasteiger charge is 2.20. The summed E-state index contributed by atoms with van der Waals surface area (Å²) in [5.74, 6) is -1.14. The van der Waals surface area contributed by atoms with Crippen molar-refractivity contribution in [1.82, 2.24) is 5.32 Å². The largest absolute Gasteiger partial charge is 0.480 e. The molecule has 0 fully saturated rings. The Morgan fingerprint density at radius 3 is 2.29 bits per heavy atom. The van der Waals surface area contributed by atoms with Crippen LogP contribution in [0.15, 0.2) is 24.3 Å². The summed E-state index contributed by atoms with van der Waals surface area (Å²) < 4.78 is 12.6. The second-order valence-corrected chi connectivity index (χ2v) is 4.07. The maximum absolute atomic E-state index is 12.6. The molecule has 2 N–H and O–H groups in total. The number of carboxylic acid groups (broad SMARTS) is 1. The van der Waals surface area contributed by atoms with Crippen molar-refractivity contribution >= 4 is 18.4 Å². The molecule has 0 radical (unpaired) electrons. The Morgan fingerprint density at radius 1 is 1.35 bits per heavy atom. The van der Waals surface area contributed by atoms with Gasteiger partial charge < -0.3 is 10.4 Å². The van der Waals surface area contributed by atoms with E-state index in [4.69, 9.17) is 5.11 Å². The molecule has 0 saturated heterocycles. The van der Waals surface area contributed by atoms with Crippen molar-refractivity contribution in [1.29, 1.82) is 0 Å². The standard InChI is InChI=1S/C12H16FNO2.ClH/c1-8(2)11(12(15)16)14-7-9-3-5-10(13)6-4-9;/h3-6,8,11,14H,7H2,1-2H3,(H,15,16);1H. The van der Waals surface area contributed by atoms with Crippen LogP contribution in [0, 0.1) is 11.7 Å². The van der Waals surface area contributed by atoms with Crippen molar-refractivity contribution in [3.8, 4) is 0 Å². The summed E-state index contributed by atoms with van der Waals surface area (Å²) in [6.45, 7) is 4.11. The quantitative estimate of drug-likeness (QED) is 0.856. The molecule has 1 atom stereocenters. The lowest BCUT2D eigenvalue weighted by molar-refractivity contribution is -0.140. The molecule has 1 unspecified atom stereocenters. The van der Waals surface area contributed by atoms with Crippen molar-refractivity contribution in [2.45, 2.75) is 26.4 Å². The van der Waals surface area contributed by atoms with Crippen molar-refractivity contribution in [2.75, 3.05) is 0 Å². The van der Waals surface area contributed by atoms with E-state index in [0.717, 1.165) is 5.56 Å². The molecule has 17 heavy (non-hydrogen) atoms. The Labute approximate surface area is 106 Å². The van der Waals surface area contributed by atoms with Crippen LogP contribution in [0.25, 0.3) is 0 Å². The van der Waals surface area contributed by atoms with Gasteiger partial charge in [-0.2, -0.15) is 0 Å². The number of carboxylic acids is 1. The maximum Gasteiger partial charge on any atom is 0.320 e. The van der Waals surface area contributed by atoms with E-state index in [-0.39, 0.29) is 24.1 Å². The Balaban J connectivity index is 0.00000256. The van der Waals surface area contributed by atoms with Crippen molar-refractivity contribution in [2.24, 2.45) is 5.92 Å². The minimum absolute atomic E-state index is 0. The molecule has 96 valence electrons. The Hall–Kier alpha value is -1.13. The molecule has 0 aliphatic carbocycles. The highest BCUT2D eigenvalue weighted by atomic mass is 35.5. The SMILES string of the molecule is CC(C)C(NCc1ccc(F)cc1)C(=O)O.Cl. The summed E-state index contributed by atoms with van der Waals surface area (Å²) in [7, 11) is 0. The van der Waals surface area contributed by atoms with Crippen LogP contribution < -0.4 is 5.32 Å². The third kappa shape index (κ3) is 5.15.